The lowest BCUT2D eigenvalue weighted by Crippen LogP contribution is -2.43. The van der Waals surface area contributed by atoms with Crippen LogP contribution in [0.15, 0.2) is 57.9 Å². The lowest BCUT2D eigenvalue weighted by atomic mass is 9.99. The number of nitrogens with one attached hydrogen (secondary N) is 1. The lowest BCUT2D eigenvalue weighted by Gasteiger charge is -2.31. The number of amides is 1. The fourth-order valence-electron chi connectivity index (χ4n) is 3.29. The lowest BCUT2D eigenvalue weighted by molar-refractivity contribution is -0.120. The fraction of sp³-hybridized carbons (Fsp3) is 0.263. The average Bonchev–Trinajstić information content (AvgIpc) is 3.12. The van der Waals surface area contributed by atoms with Crippen LogP contribution in [-0.4, -0.2) is 36.7 Å². The molecule has 2 heterocycles. The molecule has 1 aromatic heterocycles. The van der Waals surface area contributed by atoms with E-state index >= 15 is 0 Å². The van der Waals surface area contributed by atoms with Crippen LogP contribution in [0.3, 0.4) is 0 Å². The molecule has 6 nitrogen and oxygen atoms in total. The van der Waals surface area contributed by atoms with Crippen molar-refractivity contribution >= 4 is 58.5 Å². The van der Waals surface area contributed by atoms with Crippen molar-refractivity contribution in [2.75, 3.05) is 18.4 Å². The number of anilines is 1. The van der Waals surface area contributed by atoms with Gasteiger partial charge in [-0.25, -0.2) is 13.4 Å². The number of carbonyl (C=O) groups is 1. The second-order valence-corrected chi connectivity index (χ2v) is 10.4. The largest absolute Gasteiger partial charge is 0.302 e. The van der Waals surface area contributed by atoms with Crippen molar-refractivity contribution in [3.05, 3.63) is 53.0 Å². The number of carbonyl (C=O) groups excluding carboxylic acids is 1. The predicted octanol–water partition coefficient (Wildman–Crippen LogP) is 4.10. The Hall–Kier alpha value is -1.81. The van der Waals surface area contributed by atoms with E-state index in [1.165, 1.54) is 15.6 Å². The maximum Gasteiger partial charge on any atom is 0.243 e. The van der Waals surface area contributed by atoms with Crippen molar-refractivity contribution in [2.24, 2.45) is 5.92 Å². The molecule has 0 radical (unpaired) electrons. The van der Waals surface area contributed by atoms with Crippen LogP contribution in [0.1, 0.15) is 12.8 Å². The van der Waals surface area contributed by atoms with E-state index in [1.54, 1.807) is 30.3 Å². The summed E-state index contributed by atoms with van der Waals surface area (Å²) < 4.78 is 29.0. The molecule has 1 aliphatic heterocycles. The van der Waals surface area contributed by atoms with E-state index in [1.807, 2.05) is 18.2 Å². The minimum absolute atomic E-state index is 0.178. The molecule has 1 unspecified atom stereocenters. The van der Waals surface area contributed by atoms with Gasteiger partial charge in [0, 0.05) is 17.6 Å². The number of fused-ring (bicyclic) bond motifs is 1. The summed E-state index contributed by atoms with van der Waals surface area (Å²) in [5.41, 5.74) is 0.805. The topological polar surface area (TPSA) is 79.4 Å². The Morgan fingerprint density at radius 2 is 1.96 bits per heavy atom. The van der Waals surface area contributed by atoms with E-state index in [2.05, 4.69) is 26.2 Å². The predicted molar refractivity (Wildman–Crippen MR) is 114 cm³/mol. The van der Waals surface area contributed by atoms with Crippen molar-refractivity contribution in [1.29, 1.82) is 0 Å². The van der Waals surface area contributed by atoms with E-state index in [0.29, 0.717) is 24.5 Å². The van der Waals surface area contributed by atoms with Crippen LogP contribution in [0.2, 0.25) is 0 Å². The molecule has 2 aromatic carbocycles. The molecular weight excluding hydrogens is 462 g/mol. The van der Waals surface area contributed by atoms with Crippen molar-refractivity contribution in [3.8, 4) is 0 Å². The number of thiazole rings is 1. The van der Waals surface area contributed by atoms with Crippen molar-refractivity contribution < 1.29 is 13.2 Å². The van der Waals surface area contributed by atoms with Gasteiger partial charge in [0.15, 0.2) is 5.13 Å². The zero-order chi connectivity index (χ0) is 19.7. The van der Waals surface area contributed by atoms with Gasteiger partial charge in [-0.1, -0.05) is 35.6 Å². The number of piperidine rings is 1. The van der Waals surface area contributed by atoms with Gasteiger partial charge in [-0.15, -0.1) is 0 Å². The number of sulfonamides is 1. The van der Waals surface area contributed by atoms with Crippen LogP contribution in [-0.2, 0) is 14.8 Å². The number of hydrogen-bond donors (Lipinski definition) is 1. The van der Waals surface area contributed by atoms with E-state index < -0.39 is 15.9 Å². The third kappa shape index (κ3) is 3.84. The Morgan fingerprint density at radius 3 is 2.71 bits per heavy atom. The summed E-state index contributed by atoms with van der Waals surface area (Å²) in [6.07, 6.45) is 1.30. The molecular formula is C19H18BrN3O3S2. The standard InChI is InChI=1S/C19H18BrN3O3S2/c20-15-9-4-10-16-17(15)21-19(27-16)22-18(24)13-6-5-11-23(12-13)28(25,26)14-7-2-1-3-8-14/h1-4,7-10,13H,5-6,11-12H2,(H,21,22,24). The smallest absolute Gasteiger partial charge is 0.243 e. The number of halogens is 1. The molecule has 9 heteroatoms. The van der Waals surface area contributed by atoms with Gasteiger partial charge in [-0.05, 0) is 53.0 Å². The van der Waals surface area contributed by atoms with Crippen LogP contribution in [0.4, 0.5) is 5.13 Å². The van der Waals surface area contributed by atoms with Gasteiger partial charge >= 0.3 is 0 Å². The van der Waals surface area contributed by atoms with Crippen molar-refractivity contribution in [3.63, 3.8) is 0 Å². The molecule has 1 aliphatic rings. The number of benzene rings is 2. The maximum atomic E-state index is 12.8. The quantitative estimate of drug-likeness (QED) is 0.610. The molecule has 0 aliphatic carbocycles. The normalized spacial score (nSPS) is 18.2. The van der Waals surface area contributed by atoms with Gasteiger partial charge < -0.3 is 5.32 Å². The maximum absolute atomic E-state index is 12.8. The summed E-state index contributed by atoms with van der Waals surface area (Å²) in [6, 6.07) is 14.1. The first-order valence-electron chi connectivity index (χ1n) is 8.86. The Morgan fingerprint density at radius 1 is 1.18 bits per heavy atom. The van der Waals surface area contributed by atoms with E-state index in [9.17, 15) is 13.2 Å². The molecule has 1 amide bonds. The Kier molecular flexibility index (Phi) is 5.50. The zero-order valence-electron chi connectivity index (χ0n) is 14.8. The van der Waals surface area contributed by atoms with E-state index in [-0.39, 0.29) is 17.3 Å². The Labute approximate surface area is 175 Å². The van der Waals surface area contributed by atoms with Gasteiger partial charge in [0.05, 0.1) is 21.0 Å². The highest BCUT2D eigenvalue weighted by Gasteiger charge is 2.33. The molecule has 146 valence electrons. The third-order valence-electron chi connectivity index (χ3n) is 4.74. The average molecular weight is 480 g/mol. The van der Waals surface area contributed by atoms with Gasteiger partial charge in [0.25, 0.3) is 0 Å². The molecule has 4 rings (SSSR count). The molecule has 0 bridgehead atoms. The molecule has 1 N–H and O–H groups in total. The van der Waals surface area contributed by atoms with Crippen LogP contribution in [0.5, 0.6) is 0 Å². The highest BCUT2D eigenvalue weighted by molar-refractivity contribution is 9.10. The van der Waals surface area contributed by atoms with Crippen LogP contribution in [0, 0.1) is 5.92 Å². The SMILES string of the molecule is O=C(Nc1nc2c(Br)cccc2s1)C1CCCN(S(=O)(=O)c2ccccc2)C1. The molecule has 1 atom stereocenters. The van der Waals surface area contributed by atoms with Crippen molar-refractivity contribution in [1.82, 2.24) is 9.29 Å². The number of rotatable bonds is 4. The molecule has 28 heavy (non-hydrogen) atoms. The molecule has 1 fully saturated rings. The minimum Gasteiger partial charge on any atom is -0.302 e. The van der Waals surface area contributed by atoms with E-state index in [4.69, 9.17) is 0 Å². The second kappa shape index (κ2) is 7.90. The first-order valence-corrected chi connectivity index (χ1v) is 11.9. The monoisotopic (exact) mass is 479 g/mol. The molecule has 1 saturated heterocycles. The number of aromatic nitrogens is 1. The molecule has 0 spiro atoms. The minimum atomic E-state index is -3.59. The van der Waals surface area contributed by atoms with Crippen LogP contribution in [0.25, 0.3) is 10.2 Å². The summed E-state index contributed by atoms with van der Waals surface area (Å²) in [5.74, 6) is -0.592. The first-order chi connectivity index (χ1) is 13.4. The number of para-hydroxylation sites is 1. The number of hydrogen-bond acceptors (Lipinski definition) is 5. The van der Waals surface area contributed by atoms with Gasteiger partial charge in [-0.2, -0.15) is 4.31 Å². The van der Waals surface area contributed by atoms with Gasteiger partial charge in [-0.3, -0.25) is 4.79 Å². The highest BCUT2D eigenvalue weighted by Crippen LogP contribution is 2.32. The summed E-state index contributed by atoms with van der Waals surface area (Å²) in [4.78, 5) is 17.5. The van der Waals surface area contributed by atoms with Gasteiger partial charge in [0.1, 0.15) is 0 Å². The summed E-state index contributed by atoms with van der Waals surface area (Å²) in [6.45, 7) is 0.604. The van der Waals surface area contributed by atoms with Crippen LogP contribution < -0.4 is 5.32 Å². The Balaban J connectivity index is 1.49. The third-order valence-corrected chi connectivity index (χ3v) is 8.19. The summed E-state index contributed by atoms with van der Waals surface area (Å²) in [7, 11) is -3.59. The van der Waals surface area contributed by atoms with Gasteiger partial charge in [0.2, 0.25) is 15.9 Å². The van der Waals surface area contributed by atoms with Crippen LogP contribution >= 0.6 is 27.3 Å². The summed E-state index contributed by atoms with van der Waals surface area (Å²) in [5, 5.41) is 3.39. The first kappa shape index (κ1) is 19.5. The second-order valence-electron chi connectivity index (χ2n) is 6.61. The van der Waals surface area contributed by atoms with Crippen molar-refractivity contribution in [2.45, 2.75) is 17.7 Å². The highest BCUT2D eigenvalue weighted by atomic mass is 79.9. The Bertz CT molecular complexity index is 1120. The fourth-order valence-corrected chi connectivity index (χ4v) is 6.32. The molecule has 0 saturated carbocycles. The zero-order valence-corrected chi connectivity index (χ0v) is 18.1. The molecule has 3 aromatic rings. The summed E-state index contributed by atoms with van der Waals surface area (Å²) >= 11 is 4.87. The van der Waals surface area contributed by atoms with E-state index in [0.717, 1.165) is 14.7 Å². The number of nitrogens with zero attached hydrogens (tertiary/aromatic N) is 2.